The van der Waals surface area contributed by atoms with Crippen LogP contribution < -0.4 is 0 Å². The lowest BCUT2D eigenvalue weighted by Crippen LogP contribution is -2.06. The fourth-order valence-corrected chi connectivity index (χ4v) is 0.959. The van der Waals surface area contributed by atoms with E-state index in [9.17, 15) is 13.6 Å². The van der Waals surface area contributed by atoms with Gasteiger partial charge < -0.3 is 5.11 Å². The van der Waals surface area contributed by atoms with E-state index in [4.69, 9.17) is 5.11 Å². The highest BCUT2D eigenvalue weighted by Gasteiger charge is 2.09. The summed E-state index contributed by atoms with van der Waals surface area (Å²) in [6.07, 6.45) is 0.298. The third-order valence-electron chi connectivity index (χ3n) is 1.56. The maximum atomic E-state index is 13.0. The number of aliphatic imine (C=N–C) groups is 1. The number of carbonyl (C=O) groups excluding carboxylic acids is 1. The first-order valence-electron chi connectivity index (χ1n) is 3.75. The van der Waals surface area contributed by atoms with Gasteiger partial charge in [-0.05, 0) is 12.1 Å². The molecule has 0 fully saturated rings. The van der Waals surface area contributed by atoms with E-state index in [1.807, 2.05) is 0 Å². The van der Waals surface area contributed by atoms with Crippen molar-refractivity contribution in [3.8, 4) is 0 Å². The van der Waals surface area contributed by atoms with Crippen LogP contribution in [0, 0.1) is 11.6 Å². The molecule has 0 aliphatic heterocycles. The molecule has 1 aromatic rings. The number of aliphatic hydroxyl groups is 1. The van der Waals surface area contributed by atoms with Crippen molar-refractivity contribution < 1.29 is 18.7 Å². The van der Waals surface area contributed by atoms with Crippen molar-refractivity contribution in [2.24, 2.45) is 4.99 Å². The molecule has 0 aromatic heterocycles. The van der Waals surface area contributed by atoms with Gasteiger partial charge in [0.05, 0.1) is 0 Å². The third-order valence-corrected chi connectivity index (χ3v) is 1.56. The van der Waals surface area contributed by atoms with Gasteiger partial charge >= 0.3 is 0 Å². The predicted octanol–water partition coefficient (Wildman–Crippen LogP) is 0.903. The third kappa shape index (κ3) is 2.20. The van der Waals surface area contributed by atoms with Gasteiger partial charge in [-0.25, -0.2) is 8.78 Å². The summed E-state index contributed by atoms with van der Waals surface area (Å²) >= 11 is 0. The second-order valence-electron chi connectivity index (χ2n) is 2.43. The SMILES string of the molecule is O=CC(=NCO)c1ccc(F)cc1F. The molecule has 0 aliphatic carbocycles. The summed E-state index contributed by atoms with van der Waals surface area (Å²) in [5.74, 6) is -1.62. The summed E-state index contributed by atoms with van der Waals surface area (Å²) < 4.78 is 25.5. The van der Waals surface area contributed by atoms with Crippen molar-refractivity contribution in [3.05, 3.63) is 35.4 Å². The fraction of sp³-hybridized carbons (Fsp3) is 0.111. The smallest absolute Gasteiger partial charge is 0.168 e. The summed E-state index contributed by atoms with van der Waals surface area (Å²) in [5, 5.41) is 8.43. The van der Waals surface area contributed by atoms with E-state index < -0.39 is 18.4 Å². The molecule has 0 radical (unpaired) electrons. The van der Waals surface area contributed by atoms with Crippen molar-refractivity contribution in [2.45, 2.75) is 0 Å². The number of nitrogens with zero attached hydrogens (tertiary/aromatic N) is 1. The molecule has 14 heavy (non-hydrogen) atoms. The summed E-state index contributed by atoms with van der Waals surface area (Å²) in [4.78, 5) is 13.8. The first-order valence-corrected chi connectivity index (χ1v) is 3.75. The number of halogens is 2. The second-order valence-corrected chi connectivity index (χ2v) is 2.43. The van der Waals surface area contributed by atoms with Gasteiger partial charge in [-0.15, -0.1) is 0 Å². The van der Waals surface area contributed by atoms with Gasteiger partial charge in [0.2, 0.25) is 0 Å². The van der Waals surface area contributed by atoms with Crippen molar-refractivity contribution >= 4 is 12.0 Å². The molecule has 0 spiro atoms. The number of benzene rings is 1. The van der Waals surface area contributed by atoms with Gasteiger partial charge in [-0.3, -0.25) is 9.79 Å². The van der Waals surface area contributed by atoms with E-state index >= 15 is 0 Å². The second kappa shape index (κ2) is 4.57. The Morgan fingerprint density at radius 3 is 2.71 bits per heavy atom. The number of aldehydes is 1. The molecule has 1 rings (SSSR count). The molecule has 0 aliphatic rings. The minimum absolute atomic E-state index is 0.129. The summed E-state index contributed by atoms with van der Waals surface area (Å²) in [5.41, 5.74) is -0.375. The molecule has 0 saturated carbocycles. The highest BCUT2D eigenvalue weighted by atomic mass is 19.1. The molecule has 0 heterocycles. The minimum atomic E-state index is -0.885. The van der Waals surface area contributed by atoms with Crippen molar-refractivity contribution in [3.63, 3.8) is 0 Å². The van der Waals surface area contributed by atoms with Crippen LogP contribution in [-0.4, -0.2) is 23.8 Å². The summed E-state index contributed by atoms with van der Waals surface area (Å²) in [7, 11) is 0. The number of carbonyl (C=O) groups is 1. The van der Waals surface area contributed by atoms with Crippen molar-refractivity contribution in [2.75, 3.05) is 6.73 Å². The Balaban J connectivity index is 3.17. The Hall–Kier alpha value is -1.62. The molecule has 3 nitrogen and oxygen atoms in total. The predicted molar refractivity (Wildman–Crippen MR) is 46.0 cm³/mol. The molecule has 0 saturated heterocycles. The average Bonchev–Trinajstić information content (AvgIpc) is 2.15. The normalized spacial score (nSPS) is 11.5. The molecule has 1 N–H and O–H groups in total. The van der Waals surface area contributed by atoms with Crippen LogP contribution in [0.5, 0.6) is 0 Å². The average molecular weight is 199 g/mol. The van der Waals surface area contributed by atoms with Crippen LogP contribution in [0.15, 0.2) is 23.2 Å². The zero-order chi connectivity index (χ0) is 10.6. The zero-order valence-electron chi connectivity index (χ0n) is 7.08. The van der Waals surface area contributed by atoms with Gasteiger partial charge in [0.25, 0.3) is 0 Å². The molecular formula is C9H7F2NO2. The standard InChI is InChI=1S/C9H7F2NO2/c10-6-1-2-7(8(11)3-6)9(4-13)12-5-14/h1-4,14H,5H2. The maximum Gasteiger partial charge on any atom is 0.168 e. The quantitative estimate of drug-likeness (QED) is 0.580. The van der Waals surface area contributed by atoms with E-state index in [2.05, 4.69) is 4.99 Å². The Morgan fingerprint density at radius 2 is 2.21 bits per heavy atom. The Labute approximate surface area is 78.7 Å². The Kier molecular flexibility index (Phi) is 3.41. The van der Waals surface area contributed by atoms with Gasteiger partial charge in [0.15, 0.2) is 6.29 Å². The van der Waals surface area contributed by atoms with E-state index in [0.29, 0.717) is 12.4 Å². The van der Waals surface area contributed by atoms with Crippen LogP contribution >= 0.6 is 0 Å². The van der Waals surface area contributed by atoms with E-state index in [0.717, 1.165) is 12.1 Å². The molecule has 0 unspecified atom stereocenters. The number of aliphatic hydroxyl groups excluding tert-OH is 1. The van der Waals surface area contributed by atoms with Crippen LogP contribution in [0.2, 0.25) is 0 Å². The van der Waals surface area contributed by atoms with Crippen molar-refractivity contribution in [1.82, 2.24) is 0 Å². The van der Waals surface area contributed by atoms with Crippen molar-refractivity contribution in [1.29, 1.82) is 0 Å². The molecule has 0 amide bonds. The lowest BCUT2D eigenvalue weighted by Gasteiger charge is -2.00. The van der Waals surface area contributed by atoms with Crippen LogP contribution in [0.3, 0.4) is 0 Å². The molecule has 0 bridgehead atoms. The first kappa shape index (κ1) is 10.5. The Bertz CT molecular complexity index is 377. The summed E-state index contributed by atoms with van der Waals surface area (Å²) in [6.45, 7) is -0.620. The fourth-order valence-electron chi connectivity index (χ4n) is 0.959. The molecule has 0 atom stereocenters. The van der Waals surface area contributed by atoms with E-state index in [1.54, 1.807) is 0 Å². The molecular weight excluding hydrogens is 192 g/mol. The summed E-state index contributed by atoms with van der Waals surface area (Å²) in [6, 6.07) is 2.74. The molecule has 1 aromatic carbocycles. The van der Waals surface area contributed by atoms with E-state index in [-0.39, 0.29) is 11.3 Å². The topological polar surface area (TPSA) is 49.7 Å². The van der Waals surface area contributed by atoms with Crippen LogP contribution in [0.25, 0.3) is 0 Å². The number of hydrogen-bond acceptors (Lipinski definition) is 3. The maximum absolute atomic E-state index is 13.0. The minimum Gasteiger partial charge on any atom is -0.375 e. The van der Waals surface area contributed by atoms with Gasteiger partial charge in [-0.1, -0.05) is 0 Å². The first-order chi connectivity index (χ1) is 6.69. The lowest BCUT2D eigenvalue weighted by molar-refractivity contribution is -0.102. The monoisotopic (exact) mass is 199 g/mol. The van der Waals surface area contributed by atoms with E-state index in [1.165, 1.54) is 0 Å². The van der Waals surface area contributed by atoms with Crippen LogP contribution in [-0.2, 0) is 4.79 Å². The van der Waals surface area contributed by atoms with Crippen LogP contribution in [0.1, 0.15) is 5.56 Å². The van der Waals surface area contributed by atoms with Crippen LogP contribution in [0.4, 0.5) is 8.78 Å². The lowest BCUT2D eigenvalue weighted by atomic mass is 10.1. The Morgan fingerprint density at radius 1 is 1.50 bits per heavy atom. The molecule has 74 valence electrons. The van der Waals surface area contributed by atoms with Gasteiger partial charge in [0, 0.05) is 11.6 Å². The zero-order valence-corrected chi connectivity index (χ0v) is 7.08. The van der Waals surface area contributed by atoms with Gasteiger partial charge in [-0.2, -0.15) is 0 Å². The number of hydrogen-bond donors (Lipinski definition) is 1. The highest BCUT2D eigenvalue weighted by Crippen LogP contribution is 2.09. The number of rotatable bonds is 3. The van der Waals surface area contributed by atoms with Gasteiger partial charge in [0.1, 0.15) is 24.1 Å². The largest absolute Gasteiger partial charge is 0.375 e. The highest BCUT2D eigenvalue weighted by molar-refractivity contribution is 6.36. The molecule has 5 heteroatoms.